The summed E-state index contributed by atoms with van der Waals surface area (Å²) < 4.78 is 24.8. The molecule has 1 aliphatic heterocycles. The lowest BCUT2D eigenvalue weighted by Gasteiger charge is -2.33. The highest BCUT2D eigenvalue weighted by atomic mass is 19.1. The Bertz CT molecular complexity index is 1470. The van der Waals surface area contributed by atoms with E-state index in [2.05, 4.69) is 50.2 Å². The Kier molecular flexibility index (Phi) is 5.10. The summed E-state index contributed by atoms with van der Waals surface area (Å²) in [5.74, 6) is -0.159. The molecule has 5 heterocycles. The quantitative estimate of drug-likeness (QED) is 0.362. The van der Waals surface area contributed by atoms with Crippen LogP contribution >= 0.6 is 0 Å². The summed E-state index contributed by atoms with van der Waals surface area (Å²) in [6, 6.07) is 14.4. The number of aryl methyl sites for hydroxylation is 2. The molecule has 5 aromatic rings. The van der Waals surface area contributed by atoms with Crippen LogP contribution in [-0.2, 0) is 11.8 Å². The van der Waals surface area contributed by atoms with E-state index in [9.17, 15) is 0 Å². The molecule has 7 nitrogen and oxygen atoms in total. The van der Waals surface area contributed by atoms with Crippen molar-refractivity contribution in [2.24, 2.45) is 13.0 Å². The fourth-order valence-electron chi connectivity index (χ4n) is 5.40. The van der Waals surface area contributed by atoms with Crippen molar-refractivity contribution in [1.82, 2.24) is 29.5 Å². The second-order valence-corrected chi connectivity index (χ2v) is 8.91. The van der Waals surface area contributed by atoms with Crippen molar-refractivity contribution >= 4 is 21.9 Å². The van der Waals surface area contributed by atoms with Gasteiger partial charge in [-0.3, -0.25) is 4.98 Å². The molecule has 4 aromatic heterocycles. The number of rotatable bonds is 4. The highest BCUT2D eigenvalue weighted by Crippen LogP contribution is 2.41. The van der Waals surface area contributed by atoms with Gasteiger partial charge in [0.05, 0.1) is 33.8 Å². The van der Waals surface area contributed by atoms with Crippen LogP contribution in [0.5, 0.6) is 0 Å². The SMILES string of the molecule is Cc1nnn(C)c1-c1cnc2c3c(F)nccc3n([C@H](c3ccccc3)C3CCOCC3)c2c1. The fraction of sp³-hybridized carbons (Fsp3) is 0.308. The van der Waals surface area contributed by atoms with Gasteiger partial charge in [0.15, 0.2) is 0 Å². The lowest BCUT2D eigenvalue weighted by molar-refractivity contribution is 0.0553. The third-order valence-corrected chi connectivity index (χ3v) is 6.91. The fourth-order valence-corrected chi connectivity index (χ4v) is 5.40. The Morgan fingerprint density at radius 2 is 1.85 bits per heavy atom. The van der Waals surface area contributed by atoms with Crippen LogP contribution in [-0.4, -0.2) is 42.7 Å². The molecule has 0 spiro atoms. The van der Waals surface area contributed by atoms with Gasteiger partial charge in [-0.25, -0.2) is 9.67 Å². The first-order valence-corrected chi connectivity index (χ1v) is 11.6. The van der Waals surface area contributed by atoms with Crippen molar-refractivity contribution in [1.29, 1.82) is 0 Å². The van der Waals surface area contributed by atoms with Crippen LogP contribution in [0.2, 0.25) is 0 Å². The molecular formula is C26H25FN6O. The average Bonchev–Trinajstić information content (AvgIpc) is 3.37. The van der Waals surface area contributed by atoms with Crippen molar-refractivity contribution in [2.45, 2.75) is 25.8 Å². The summed E-state index contributed by atoms with van der Waals surface area (Å²) in [4.78, 5) is 8.71. The van der Waals surface area contributed by atoms with Gasteiger partial charge in [-0.05, 0) is 43.4 Å². The van der Waals surface area contributed by atoms with Gasteiger partial charge in [-0.2, -0.15) is 4.39 Å². The number of pyridine rings is 2. The van der Waals surface area contributed by atoms with Crippen molar-refractivity contribution in [2.75, 3.05) is 13.2 Å². The van der Waals surface area contributed by atoms with Gasteiger partial charge in [0.25, 0.3) is 0 Å². The zero-order valence-electron chi connectivity index (χ0n) is 19.1. The first-order valence-electron chi connectivity index (χ1n) is 11.6. The first-order chi connectivity index (χ1) is 16.6. The van der Waals surface area contributed by atoms with Crippen LogP contribution in [0.15, 0.2) is 54.9 Å². The minimum Gasteiger partial charge on any atom is -0.381 e. The maximum absolute atomic E-state index is 15.1. The standard InChI is InChI=1S/C26H25FN6O/c1-16-24(32(2)31-30-16)19-14-21-23(29-15-19)22-20(8-11-28-26(22)27)33(21)25(17-6-4-3-5-7-17)18-9-12-34-13-10-18/h3-8,11,14-15,18,25H,9-10,12-13H2,1-2H3/t25-/m1/s1. The largest absolute Gasteiger partial charge is 0.381 e. The van der Waals surface area contributed by atoms with Crippen LogP contribution in [0.4, 0.5) is 4.39 Å². The van der Waals surface area contributed by atoms with Crippen molar-refractivity contribution in [3.05, 3.63) is 72.1 Å². The van der Waals surface area contributed by atoms with Gasteiger partial charge in [0.1, 0.15) is 5.52 Å². The van der Waals surface area contributed by atoms with Crippen LogP contribution in [0.1, 0.15) is 30.1 Å². The van der Waals surface area contributed by atoms with E-state index >= 15 is 4.39 Å². The lowest BCUT2D eigenvalue weighted by Crippen LogP contribution is -2.26. The first kappa shape index (κ1) is 20.9. The molecule has 1 saturated heterocycles. The molecule has 34 heavy (non-hydrogen) atoms. The molecule has 1 aliphatic rings. The van der Waals surface area contributed by atoms with E-state index in [1.807, 2.05) is 26.1 Å². The summed E-state index contributed by atoms with van der Waals surface area (Å²) in [7, 11) is 1.87. The highest BCUT2D eigenvalue weighted by Gasteiger charge is 2.31. The monoisotopic (exact) mass is 456 g/mol. The van der Waals surface area contributed by atoms with E-state index in [0.29, 0.717) is 16.8 Å². The lowest BCUT2D eigenvalue weighted by atomic mass is 9.86. The molecule has 0 N–H and O–H groups in total. The predicted octanol–water partition coefficient (Wildman–Crippen LogP) is 4.84. The van der Waals surface area contributed by atoms with E-state index < -0.39 is 5.95 Å². The second-order valence-electron chi connectivity index (χ2n) is 8.91. The zero-order chi connectivity index (χ0) is 23.2. The smallest absolute Gasteiger partial charge is 0.224 e. The number of aromatic nitrogens is 6. The molecule has 8 heteroatoms. The molecule has 6 rings (SSSR count). The topological polar surface area (TPSA) is 70.7 Å². The Balaban J connectivity index is 1.68. The number of nitrogens with zero attached hydrogens (tertiary/aromatic N) is 6. The summed E-state index contributed by atoms with van der Waals surface area (Å²) in [5, 5.41) is 8.81. The van der Waals surface area contributed by atoms with Gasteiger partial charge < -0.3 is 9.30 Å². The van der Waals surface area contributed by atoms with Crippen molar-refractivity contribution in [3.8, 4) is 11.3 Å². The summed E-state index contributed by atoms with van der Waals surface area (Å²) in [5.41, 5.74) is 6.09. The Hall–Kier alpha value is -3.65. The second kappa shape index (κ2) is 8.29. The molecule has 0 saturated carbocycles. The molecule has 0 bridgehead atoms. The summed E-state index contributed by atoms with van der Waals surface area (Å²) in [6.07, 6.45) is 5.18. The van der Waals surface area contributed by atoms with Crippen LogP contribution in [0.3, 0.4) is 0 Å². The minimum absolute atomic E-state index is 0.00899. The number of ether oxygens (including phenoxy) is 1. The Labute approximate surface area is 196 Å². The van der Waals surface area contributed by atoms with Gasteiger partial charge in [0.2, 0.25) is 5.95 Å². The molecule has 0 amide bonds. The van der Waals surface area contributed by atoms with Gasteiger partial charge >= 0.3 is 0 Å². The number of hydrogen-bond donors (Lipinski definition) is 0. The third-order valence-electron chi connectivity index (χ3n) is 6.91. The number of fused-ring (bicyclic) bond motifs is 3. The van der Waals surface area contributed by atoms with Crippen LogP contribution in [0, 0.1) is 18.8 Å². The molecule has 0 aliphatic carbocycles. The van der Waals surface area contributed by atoms with E-state index in [1.165, 1.54) is 11.8 Å². The van der Waals surface area contributed by atoms with Gasteiger partial charge in [0, 0.05) is 38.2 Å². The summed E-state index contributed by atoms with van der Waals surface area (Å²) in [6.45, 7) is 3.38. The van der Waals surface area contributed by atoms with Crippen molar-refractivity contribution in [3.63, 3.8) is 0 Å². The molecule has 0 radical (unpaired) electrons. The van der Waals surface area contributed by atoms with Gasteiger partial charge in [-0.1, -0.05) is 35.5 Å². The maximum atomic E-state index is 15.1. The van der Waals surface area contributed by atoms with Gasteiger partial charge in [-0.15, -0.1) is 5.10 Å². The molecule has 1 aromatic carbocycles. The van der Waals surface area contributed by atoms with Crippen LogP contribution < -0.4 is 0 Å². The average molecular weight is 457 g/mol. The van der Waals surface area contributed by atoms with Crippen molar-refractivity contribution < 1.29 is 9.13 Å². The highest BCUT2D eigenvalue weighted by molar-refractivity contribution is 6.06. The summed E-state index contributed by atoms with van der Waals surface area (Å²) >= 11 is 0. The van der Waals surface area contributed by atoms with E-state index in [0.717, 1.165) is 54.0 Å². The predicted molar refractivity (Wildman–Crippen MR) is 128 cm³/mol. The zero-order valence-corrected chi connectivity index (χ0v) is 19.1. The van der Waals surface area contributed by atoms with Crippen LogP contribution in [0.25, 0.3) is 33.2 Å². The third kappa shape index (κ3) is 3.28. The molecule has 172 valence electrons. The minimum atomic E-state index is -0.501. The normalized spacial score (nSPS) is 15.9. The molecular weight excluding hydrogens is 431 g/mol. The molecule has 1 fully saturated rings. The van der Waals surface area contributed by atoms with E-state index in [1.54, 1.807) is 10.9 Å². The Morgan fingerprint density at radius 3 is 2.59 bits per heavy atom. The van der Waals surface area contributed by atoms with E-state index in [-0.39, 0.29) is 6.04 Å². The molecule has 1 atom stereocenters. The number of benzene rings is 1. The Morgan fingerprint density at radius 1 is 1.06 bits per heavy atom. The number of halogens is 1. The molecule has 0 unspecified atom stereocenters. The maximum Gasteiger partial charge on any atom is 0.224 e. The number of hydrogen-bond acceptors (Lipinski definition) is 5. The van der Waals surface area contributed by atoms with E-state index in [4.69, 9.17) is 9.72 Å².